The van der Waals surface area contributed by atoms with Gasteiger partial charge in [-0.25, -0.2) is 0 Å². The van der Waals surface area contributed by atoms with Crippen molar-refractivity contribution in [3.8, 4) is 5.75 Å². The van der Waals surface area contributed by atoms with E-state index in [2.05, 4.69) is 10.6 Å². The van der Waals surface area contributed by atoms with Crippen LogP contribution in [0.25, 0.3) is 0 Å². The number of furan rings is 1. The van der Waals surface area contributed by atoms with Gasteiger partial charge in [0.2, 0.25) is 0 Å². The highest BCUT2D eigenvalue weighted by atomic mass is 16.6. The molecule has 3 aromatic rings. The van der Waals surface area contributed by atoms with Crippen molar-refractivity contribution in [1.82, 2.24) is 0 Å². The second kappa shape index (κ2) is 8.70. The Hall–Kier alpha value is -4.14. The van der Waals surface area contributed by atoms with Gasteiger partial charge in [-0.3, -0.25) is 19.7 Å². The van der Waals surface area contributed by atoms with Gasteiger partial charge in [0.05, 0.1) is 11.2 Å². The van der Waals surface area contributed by atoms with E-state index in [0.717, 1.165) is 5.56 Å². The summed E-state index contributed by atoms with van der Waals surface area (Å²) in [6.07, 6.45) is 1.41. The lowest BCUT2D eigenvalue weighted by Gasteiger charge is -2.11. The van der Waals surface area contributed by atoms with Gasteiger partial charge in [0, 0.05) is 17.4 Å². The normalized spacial score (nSPS) is 10.2. The number of hydrogen-bond donors (Lipinski definition) is 2. The molecule has 9 heteroatoms. The highest BCUT2D eigenvalue weighted by Gasteiger charge is 2.15. The Morgan fingerprint density at radius 1 is 1.10 bits per heavy atom. The van der Waals surface area contributed by atoms with E-state index < -0.39 is 10.8 Å². The molecule has 0 saturated heterocycles. The Morgan fingerprint density at radius 2 is 1.90 bits per heavy atom. The highest BCUT2D eigenvalue weighted by Crippen LogP contribution is 2.26. The summed E-state index contributed by atoms with van der Waals surface area (Å²) >= 11 is 0. The molecular formula is C20H17N3O6. The zero-order valence-corrected chi connectivity index (χ0v) is 15.4. The molecular weight excluding hydrogens is 378 g/mol. The van der Waals surface area contributed by atoms with E-state index in [-0.39, 0.29) is 29.7 Å². The van der Waals surface area contributed by atoms with Gasteiger partial charge in [-0.15, -0.1) is 0 Å². The zero-order valence-electron chi connectivity index (χ0n) is 15.4. The number of anilines is 2. The molecule has 1 aromatic heterocycles. The first-order chi connectivity index (χ1) is 13.9. The summed E-state index contributed by atoms with van der Waals surface area (Å²) in [5.74, 6) is -0.656. The van der Waals surface area contributed by atoms with Crippen LogP contribution in [0.4, 0.5) is 17.1 Å². The molecule has 0 aliphatic rings. The third kappa shape index (κ3) is 4.98. The molecule has 2 amide bonds. The predicted molar refractivity (Wildman–Crippen MR) is 105 cm³/mol. The van der Waals surface area contributed by atoms with Crippen LogP contribution in [0.5, 0.6) is 5.75 Å². The summed E-state index contributed by atoms with van der Waals surface area (Å²) in [6, 6.07) is 13.9. The van der Waals surface area contributed by atoms with Crippen LogP contribution >= 0.6 is 0 Å². The van der Waals surface area contributed by atoms with Crippen LogP contribution in [0, 0.1) is 17.0 Å². The average Bonchev–Trinajstić information content (AvgIpc) is 3.23. The summed E-state index contributed by atoms with van der Waals surface area (Å²) in [4.78, 5) is 34.5. The first-order valence-corrected chi connectivity index (χ1v) is 8.55. The second-order valence-electron chi connectivity index (χ2n) is 6.02. The van der Waals surface area contributed by atoms with Crippen LogP contribution in [0.1, 0.15) is 16.1 Å². The Kier molecular flexibility index (Phi) is 5.88. The van der Waals surface area contributed by atoms with E-state index in [1.54, 1.807) is 43.3 Å². The van der Waals surface area contributed by atoms with Gasteiger partial charge < -0.3 is 19.8 Å². The molecule has 2 N–H and O–H groups in total. The van der Waals surface area contributed by atoms with Crippen molar-refractivity contribution in [2.24, 2.45) is 0 Å². The lowest BCUT2D eigenvalue weighted by molar-refractivity contribution is -0.385. The van der Waals surface area contributed by atoms with Gasteiger partial charge in [0.1, 0.15) is 0 Å². The second-order valence-corrected chi connectivity index (χ2v) is 6.02. The Balaban J connectivity index is 1.59. The van der Waals surface area contributed by atoms with Crippen LogP contribution in [0.2, 0.25) is 0 Å². The minimum Gasteiger partial charge on any atom is -0.477 e. The highest BCUT2D eigenvalue weighted by molar-refractivity contribution is 6.03. The number of nitro groups is 1. The SMILES string of the molecule is Cc1cc(NC(=O)COc2ccccc2[N+](=O)[O-])ccc1NC(=O)c1ccco1. The molecule has 0 bridgehead atoms. The molecule has 1 heterocycles. The quantitative estimate of drug-likeness (QED) is 0.464. The molecule has 0 saturated carbocycles. The van der Waals surface area contributed by atoms with Crippen molar-refractivity contribution in [2.45, 2.75) is 6.92 Å². The minimum absolute atomic E-state index is 0.0137. The number of hydrogen-bond acceptors (Lipinski definition) is 6. The summed E-state index contributed by atoms with van der Waals surface area (Å²) < 4.78 is 10.3. The third-order valence-corrected chi connectivity index (χ3v) is 3.92. The van der Waals surface area contributed by atoms with E-state index >= 15 is 0 Å². The van der Waals surface area contributed by atoms with Crippen molar-refractivity contribution < 1.29 is 23.7 Å². The number of amides is 2. The van der Waals surface area contributed by atoms with E-state index in [4.69, 9.17) is 9.15 Å². The van der Waals surface area contributed by atoms with Gasteiger partial charge in [0.25, 0.3) is 11.8 Å². The number of nitrogens with zero attached hydrogens (tertiary/aromatic N) is 1. The molecule has 0 radical (unpaired) electrons. The van der Waals surface area contributed by atoms with Crippen LogP contribution in [0.15, 0.2) is 65.3 Å². The summed E-state index contributed by atoms with van der Waals surface area (Å²) in [6.45, 7) is 1.39. The largest absolute Gasteiger partial charge is 0.477 e. The Labute approximate surface area is 165 Å². The first-order valence-electron chi connectivity index (χ1n) is 8.55. The summed E-state index contributed by atoms with van der Waals surface area (Å²) in [7, 11) is 0. The number of benzene rings is 2. The van der Waals surface area contributed by atoms with Crippen LogP contribution < -0.4 is 15.4 Å². The lowest BCUT2D eigenvalue weighted by Crippen LogP contribution is -2.20. The molecule has 0 spiro atoms. The molecule has 0 aliphatic carbocycles. The monoisotopic (exact) mass is 395 g/mol. The number of aryl methyl sites for hydroxylation is 1. The molecule has 9 nitrogen and oxygen atoms in total. The van der Waals surface area contributed by atoms with Crippen molar-refractivity contribution in [1.29, 1.82) is 0 Å². The van der Waals surface area contributed by atoms with Crippen LogP contribution in [0.3, 0.4) is 0 Å². The van der Waals surface area contributed by atoms with Gasteiger partial charge in [-0.1, -0.05) is 12.1 Å². The molecule has 148 valence electrons. The van der Waals surface area contributed by atoms with Gasteiger partial charge in [-0.2, -0.15) is 0 Å². The first kappa shape index (κ1) is 19.6. The fourth-order valence-electron chi connectivity index (χ4n) is 2.54. The topological polar surface area (TPSA) is 124 Å². The average molecular weight is 395 g/mol. The van der Waals surface area contributed by atoms with Gasteiger partial charge >= 0.3 is 5.69 Å². The molecule has 0 fully saturated rings. The molecule has 0 aliphatic heterocycles. The van der Waals surface area contributed by atoms with E-state index in [0.29, 0.717) is 11.4 Å². The van der Waals surface area contributed by atoms with E-state index in [1.165, 1.54) is 24.5 Å². The summed E-state index contributed by atoms with van der Waals surface area (Å²) in [5, 5.41) is 16.3. The molecule has 3 rings (SSSR count). The maximum atomic E-state index is 12.1. The van der Waals surface area contributed by atoms with E-state index in [9.17, 15) is 19.7 Å². The maximum Gasteiger partial charge on any atom is 0.310 e. The lowest BCUT2D eigenvalue weighted by atomic mass is 10.1. The van der Waals surface area contributed by atoms with Gasteiger partial charge in [-0.05, 0) is 48.9 Å². The number of ether oxygens (including phenoxy) is 1. The number of nitro benzene ring substituents is 1. The molecule has 2 aromatic carbocycles. The standard InChI is InChI=1S/C20H17N3O6/c1-13-11-14(8-9-15(13)22-20(25)18-7-4-10-28-18)21-19(24)12-29-17-6-3-2-5-16(17)23(26)27/h2-11H,12H2,1H3,(H,21,24)(H,22,25). The van der Waals surface area contributed by atoms with Crippen molar-refractivity contribution in [3.05, 3.63) is 82.3 Å². The molecule has 29 heavy (non-hydrogen) atoms. The Bertz CT molecular complexity index is 1050. The van der Waals surface area contributed by atoms with Crippen LogP contribution in [-0.2, 0) is 4.79 Å². The minimum atomic E-state index is -0.577. The molecule has 0 atom stereocenters. The van der Waals surface area contributed by atoms with Crippen molar-refractivity contribution in [2.75, 3.05) is 17.2 Å². The third-order valence-electron chi connectivity index (χ3n) is 3.92. The number of nitrogens with one attached hydrogen (secondary N) is 2. The Morgan fingerprint density at radius 3 is 2.59 bits per heavy atom. The zero-order chi connectivity index (χ0) is 20.8. The van der Waals surface area contributed by atoms with Crippen molar-refractivity contribution in [3.63, 3.8) is 0 Å². The number of para-hydroxylation sites is 2. The smallest absolute Gasteiger partial charge is 0.310 e. The van der Waals surface area contributed by atoms with Crippen LogP contribution in [-0.4, -0.2) is 23.3 Å². The number of carbonyl (C=O) groups excluding carboxylic acids is 2. The number of rotatable bonds is 7. The predicted octanol–water partition coefficient (Wildman–Crippen LogP) is 3.77. The fourth-order valence-corrected chi connectivity index (χ4v) is 2.54. The van der Waals surface area contributed by atoms with E-state index in [1.807, 2.05) is 0 Å². The molecule has 0 unspecified atom stereocenters. The van der Waals surface area contributed by atoms with Gasteiger partial charge in [0.15, 0.2) is 18.1 Å². The summed E-state index contributed by atoms with van der Waals surface area (Å²) in [5.41, 5.74) is 1.57. The fraction of sp³-hybridized carbons (Fsp3) is 0.100. The maximum absolute atomic E-state index is 12.1. The van der Waals surface area contributed by atoms with Crippen molar-refractivity contribution >= 4 is 28.9 Å². The number of carbonyl (C=O) groups is 2.